The van der Waals surface area contributed by atoms with Crippen LogP contribution in [-0.2, 0) is 11.3 Å². The SMILES string of the molecule is CCC1CC(Nc2c(C)c(C(=O)NCc3c(C(C)C)c(F)c(C)[nH]c3=O)cc(Cl)c2OC=O)CCN1C. The van der Waals surface area contributed by atoms with Crippen LogP contribution in [0.3, 0.4) is 0 Å². The molecule has 10 heteroatoms. The van der Waals surface area contributed by atoms with Crippen molar-refractivity contribution in [2.24, 2.45) is 0 Å². The highest BCUT2D eigenvalue weighted by Gasteiger charge is 2.28. The summed E-state index contributed by atoms with van der Waals surface area (Å²) in [5.74, 6) is -1.05. The number of H-pyrrole nitrogens is 1. The Morgan fingerprint density at radius 3 is 2.70 bits per heavy atom. The molecule has 1 saturated heterocycles. The van der Waals surface area contributed by atoms with E-state index in [1.54, 1.807) is 20.8 Å². The molecule has 3 rings (SSSR count). The number of pyridine rings is 1. The van der Waals surface area contributed by atoms with Crippen LogP contribution in [0.2, 0.25) is 5.02 Å². The minimum Gasteiger partial charge on any atom is -0.425 e. The van der Waals surface area contributed by atoms with E-state index in [2.05, 4.69) is 34.5 Å². The van der Waals surface area contributed by atoms with Crippen molar-refractivity contribution in [1.82, 2.24) is 15.2 Å². The summed E-state index contributed by atoms with van der Waals surface area (Å²) in [5.41, 5.74) is 1.47. The molecular weight excluding hydrogens is 499 g/mol. The van der Waals surface area contributed by atoms with Gasteiger partial charge < -0.3 is 25.3 Å². The van der Waals surface area contributed by atoms with Gasteiger partial charge in [0.2, 0.25) is 0 Å². The van der Waals surface area contributed by atoms with Gasteiger partial charge >= 0.3 is 0 Å². The van der Waals surface area contributed by atoms with Crippen molar-refractivity contribution in [2.45, 2.75) is 78.4 Å². The number of carbonyl (C=O) groups excluding carboxylic acids is 2. The first-order valence-corrected chi connectivity index (χ1v) is 13.0. The highest BCUT2D eigenvalue weighted by molar-refractivity contribution is 6.33. The summed E-state index contributed by atoms with van der Waals surface area (Å²) in [7, 11) is 2.11. The molecule has 2 unspecified atom stereocenters. The van der Waals surface area contributed by atoms with E-state index in [1.165, 1.54) is 13.0 Å². The number of carbonyl (C=O) groups is 2. The molecular formula is C27H36ClFN4O4. The molecule has 0 aliphatic carbocycles. The molecule has 0 saturated carbocycles. The molecule has 37 heavy (non-hydrogen) atoms. The van der Waals surface area contributed by atoms with Gasteiger partial charge in [-0.15, -0.1) is 0 Å². The van der Waals surface area contributed by atoms with Crippen LogP contribution >= 0.6 is 11.6 Å². The van der Waals surface area contributed by atoms with Gasteiger partial charge in [0, 0.05) is 41.9 Å². The number of nitrogens with one attached hydrogen (secondary N) is 3. The van der Waals surface area contributed by atoms with E-state index in [-0.39, 0.29) is 51.7 Å². The summed E-state index contributed by atoms with van der Waals surface area (Å²) in [6.07, 6.45) is 2.77. The number of piperidine rings is 1. The normalized spacial score (nSPS) is 18.1. The van der Waals surface area contributed by atoms with Gasteiger partial charge in [-0.1, -0.05) is 32.4 Å². The lowest BCUT2D eigenvalue weighted by Crippen LogP contribution is -2.44. The Bertz CT molecular complexity index is 1230. The van der Waals surface area contributed by atoms with E-state index in [4.69, 9.17) is 16.3 Å². The molecule has 8 nitrogen and oxygen atoms in total. The zero-order valence-electron chi connectivity index (χ0n) is 22.3. The Labute approximate surface area is 221 Å². The van der Waals surface area contributed by atoms with Crippen molar-refractivity contribution in [3.05, 3.63) is 55.2 Å². The lowest BCUT2D eigenvalue weighted by molar-refractivity contribution is -0.120. The molecule has 0 radical (unpaired) electrons. The number of ether oxygens (including phenoxy) is 1. The first-order valence-electron chi connectivity index (χ1n) is 12.6. The number of anilines is 1. The third-order valence-corrected chi connectivity index (χ3v) is 7.48. The maximum atomic E-state index is 14.8. The number of likely N-dealkylation sites (tertiary alicyclic amines) is 1. The van der Waals surface area contributed by atoms with Crippen LogP contribution < -0.4 is 20.9 Å². The number of benzene rings is 1. The van der Waals surface area contributed by atoms with Crippen LogP contribution in [0, 0.1) is 19.7 Å². The Morgan fingerprint density at radius 1 is 1.38 bits per heavy atom. The highest BCUT2D eigenvalue weighted by atomic mass is 35.5. The topological polar surface area (TPSA) is 104 Å². The number of aromatic nitrogens is 1. The number of aryl methyl sites for hydroxylation is 1. The number of hydrogen-bond donors (Lipinski definition) is 3. The second-order valence-electron chi connectivity index (χ2n) is 9.98. The number of halogens is 2. The molecule has 0 bridgehead atoms. The first kappa shape index (κ1) is 28.7. The standard InChI is InChI=1S/C27H36ClFN4O4/c1-7-18-10-17(8-9-33(18)6)32-24-15(4)19(11-21(28)25(24)37-13-34)26(35)30-12-20-22(14(2)3)23(29)16(5)31-27(20)36/h11,13-14,17-18,32H,7-10,12H2,1-6H3,(H,30,35)(H,31,36). The molecule has 1 aromatic carbocycles. The summed E-state index contributed by atoms with van der Waals surface area (Å²) in [4.78, 5) is 41.9. The number of rotatable bonds is 9. The summed E-state index contributed by atoms with van der Waals surface area (Å²) >= 11 is 6.46. The predicted octanol–water partition coefficient (Wildman–Crippen LogP) is 4.66. The van der Waals surface area contributed by atoms with Crippen molar-refractivity contribution in [2.75, 3.05) is 18.9 Å². The Hall–Kier alpha value is -2.91. The van der Waals surface area contributed by atoms with Crippen molar-refractivity contribution >= 4 is 29.7 Å². The van der Waals surface area contributed by atoms with Crippen LogP contribution in [0.4, 0.5) is 10.1 Å². The average Bonchev–Trinajstić information content (AvgIpc) is 2.85. The van der Waals surface area contributed by atoms with Gasteiger partial charge in [0.1, 0.15) is 5.82 Å². The number of amides is 1. The fourth-order valence-corrected chi connectivity index (χ4v) is 5.33. The fraction of sp³-hybridized carbons (Fsp3) is 0.519. The maximum Gasteiger partial charge on any atom is 0.298 e. The van der Waals surface area contributed by atoms with Gasteiger partial charge in [0.05, 0.1) is 16.4 Å². The average molecular weight is 535 g/mol. The largest absolute Gasteiger partial charge is 0.425 e. The predicted molar refractivity (Wildman–Crippen MR) is 143 cm³/mol. The minimum absolute atomic E-state index is 0.103. The molecule has 2 aromatic rings. The van der Waals surface area contributed by atoms with Gasteiger partial charge in [0.15, 0.2) is 5.75 Å². The minimum atomic E-state index is -0.483. The van der Waals surface area contributed by atoms with E-state index in [0.717, 1.165) is 25.8 Å². The van der Waals surface area contributed by atoms with Gasteiger partial charge in [-0.3, -0.25) is 14.4 Å². The summed E-state index contributed by atoms with van der Waals surface area (Å²) < 4.78 is 20.0. The lowest BCUT2D eigenvalue weighted by atomic mass is 9.94. The molecule has 1 aromatic heterocycles. The monoisotopic (exact) mass is 534 g/mol. The second kappa shape index (κ2) is 12.1. The first-order chi connectivity index (χ1) is 17.5. The molecule has 1 aliphatic heterocycles. The number of nitrogens with zero attached hydrogens (tertiary/aromatic N) is 1. The molecule has 1 amide bonds. The Kier molecular flexibility index (Phi) is 9.36. The van der Waals surface area contributed by atoms with Crippen molar-refractivity contribution < 1.29 is 18.7 Å². The molecule has 2 heterocycles. The van der Waals surface area contributed by atoms with Gasteiger partial charge in [-0.05, 0) is 57.7 Å². The van der Waals surface area contributed by atoms with Crippen molar-refractivity contribution in [3.63, 3.8) is 0 Å². The van der Waals surface area contributed by atoms with Crippen LogP contribution in [0.15, 0.2) is 10.9 Å². The lowest BCUT2D eigenvalue weighted by Gasteiger charge is -2.37. The molecule has 1 aliphatic rings. The quantitative estimate of drug-likeness (QED) is 0.404. The van der Waals surface area contributed by atoms with E-state index in [1.807, 2.05) is 0 Å². The third-order valence-electron chi connectivity index (χ3n) is 7.20. The maximum absolute atomic E-state index is 14.8. The Morgan fingerprint density at radius 2 is 2.08 bits per heavy atom. The van der Waals surface area contributed by atoms with Crippen LogP contribution in [0.1, 0.15) is 78.7 Å². The zero-order chi connectivity index (χ0) is 27.4. The van der Waals surface area contributed by atoms with E-state index in [9.17, 15) is 18.8 Å². The third kappa shape index (κ3) is 6.15. The number of aromatic amines is 1. The van der Waals surface area contributed by atoms with Gasteiger partial charge in [-0.2, -0.15) is 0 Å². The molecule has 202 valence electrons. The van der Waals surface area contributed by atoms with Gasteiger partial charge in [-0.25, -0.2) is 4.39 Å². The second-order valence-corrected chi connectivity index (χ2v) is 10.4. The summed E-state index contributed by atoms with van der Waals surface area (Å²) in [6.45, 7) is 10.0. The number of hydrogen-bond acceptors (Lipinski definition) is 6. The molecule has 0 spiro atoms. The molecule has 1 fully saturated rings. The fourth-order valence-electron chi connectivity index (χ4n) is 5.08. The van der Waals surface area contributed by atoms with E-state index >= 15 is 0 Å². The van der Waals surface area contributed by atoms with E-state index in [0.29, 0.717) is 23.8 Å². The molecule has 3 N–H and O–H groups in total. The Balaban J connectivity index is 1.93. The van der Waals surface area contributed by atoms with Crippen LogP contribution in [0.25, 0.3) is 0 Å². The van der Waals surface area contributed by atoms with E-state index < -0.39 is 17.3 Å². The van der Waals surface area contributed by atoms with Crippen LogP contribution in [-0.4, -0.2) is 47.9 Å². The summed E-state index contributed by atoms with van der Waals surface area (Å²) in [6, 6.07) is 1.95. The summed E-state index contributed by atoms with van der Waals surface area (Å²) in [5, 5.41) is 6.31. The molecule has 2 atom stereocenters. The van der Waals surface area contributed by atoms with Gasteiger partial charge in [0.25, 0.3) is 17.9 Å². The zero-order valence-corrected chi connectivity index (χ0v) is 23.0. The smallest absolute Gasteiger partial charge is 0.298 e. The highest BCUT2D eigenvalue weighted by Crippen LogP contribution is 2.39. The van der Waals surface area contributed by atoms with Crippen molar-refractivity contribution in [1.29, 1.82) is 0 Å². The van der Waals surface area contributed by atoms with Crippen LogP contribution in [0.5, 0.6) is 5.75 Å². The van der Waals surface area contributed by atoms with Crippen molar-refractivity contribution in [3.8, 4) is 5.75 Å².